The molecular weight excluding hydrogens is 200 g/mol. The number of hydrogen-bond donors (Lipinski definition) is 1. The first-order chi connectivity index (χ1) is 7.81. The van der Waals surface area contributed by atoms with Crippen molar-refractivity contribution < 1.29 is 4.74 Å². The summed E-state index contributed by atoms with van der Waals surface area (Å²) in [6, 6.07) is 0.0552. The van der Waals surface area contributed by atoms with Crippen molar-refractivity contribution in [3.63, 3.8) is 0 Å². The Kier molecular flexibility index (Phi) is 6.47. The standard InChI is InChI=1S/C13H24N2O/c1-4-7-14-12(6-3)13-11-15(8-5-2)9-10-16-13/h3,12-14H,4-5,7-11H2,1-2H3. The molecule has 0 bridgehead atoms. The molecule has 16 heavy (non-hydrogen) atoms. The van der Waals surface area contributed by atoms with E-state index in [0.29, 0.717) is 0 Å². The highest BCUT2D eigenvalue weighted by Gasteiger charge is 2.25. The summed E-state index contributed by atoms with van der Waals surface area (Å²) in [7, 11) is 0. The Bertz CT molecular complexity index is 222. The van der Waals surface area contributed by atoms with E-state index in [4.69, 9.17) is 11.2 Å². The molecule has 1 aliphatic rings. The molecule has 2 atom stereocenters. The molecule has 1 heterocycles. The third-order valence-electron chi connectivity index (χ3n) is 2.88. The second kappa shape index (κ2) is 7.67. The van der Waals surface area contributed by atoms with E-state index in [1.807, 2.05) is 0 Å². The summed E-state index contributed by atoms with van der Waals surface area (Å²) in [5.41, 5.74) is 0. The summed E-state index contributed by atoms with van der Waals surface area (Å²) in [6.07, 6.45) is 7.99. The van der Waals surface area contributed by atoms with Crippen LogP contribution >= 0.6 is 0 Å². The first-order valence-corrected chi connectivity index (χ1v) is 6.35. The van der Waals surface area contributed by atoms with E-state index in [1.54, 1.807) is 0 Å². The minimum absolute atomic E-state index is 0.0552. The fraction of sp³-hybridized carbons (Fsp3) is 0.846. The highest BCUT2D eigenvalue weighted by Crippen LogP contribution is 2.09. The number of nitrogens with one attached hydrogen (secondary N) is 1. The summed E-state index contributed by atoms with van der Waals surface area (Å²) in [6.45, 7) is 9.25. The zero-order chi connectivity index (χ0) is 11.8. The van der Waals surface area contributed by atoms with Crippen LogP contribution in [-0.4, -0.2) is 49.8 Å². The van der Waals surface area contributed by atoms with Gasteiger partial charge in [-0.2, -0.15) is 0 Å². The smallest absolute Gasteiger partial charge is 0.0967 e. The van der Waals surface area contributed by atoms with E-state index in [-0.39, 0.29) is 12.1 Å². The number of ether oxygens (including phenoxy) is 1. The van der Waals surface area contributed by atoms with E-state index in [9.17, 15) is 0 Å². The van der Waals surface area contributed by atoms with Crippen molar-refractivity contribution in [3.05, 3.63) is 0 Å². The van der Waals surface area contributed by atoms with E-state index in [2.05, 4.69) is 30.0 Å². The van der Waals surface area contributed by atoms with Crippen LogP contribution in [0.2, 0.25) is 0 Å². The normalized spacial score (nSPS) is 23.9. The fourth-order valence-electron chi connectivity index (χ4n) is 2.05. The van der Waals surface area contributed by atoms with E-state index in [0.717, 1.165) is 39.2 Å². The fourth-order valence-corrected chi connectivity index (χ4v) is 2.05. The van der Waals surface area contributed by atoms with Gasteiger partial charge in [0.2, 0.25) is 0 Å². The molecule has 1 N–H and O–H groups in total. The minimum atomic E-state index is 0.0552. The van der Waals surface area contributed by atoms with Crippen LogP contribution < -0.4 is 5.32 Å². The van der Waals surface area contributed by atoms with Crippen molar-refractivity contribution in [2.45, 2.75) is 38.8 Å². The van der Waals surface area contributed by atoms with E-state index in [1.165, 1.54) is 6.42 Å². The van der Waals surface area contributed by atoms with Crippen LogP contribution in [0.3, 0.4) is 0 Å². The molecule has 2 unspecified atom stereocenters. The van der Waals surface area contributed by atoms with Crippen molar-refractivity contribution in [3.8, 4) is 12.3 Å². The lowest BCUT2D eigenvalue weighted by Crippen LogP contribution is -2.52. The van der Waals surface area contributed by atoms with E-state index >= 15 is 0 Å². The molecule has 0 spiro atoms. The van der Waals surface area contributed by atoms with Crippen LogP contribution in [0, 0.1) is 12.3 Å². The van der Waals surface area contributed by atoms with Crippen LogP contribution in [0.1, 0.15) is 26.7 Å². The zero-order valence-corrected chi connectivity index (χ0v) is 10.5. The van der Waals surface area contributed by atoms with Crippen molar-refractivity contribution in [1.29, 1.82) is 0 Å². The Morgan fingerprint density at radius 3 is 2.94 bits per heavy atom. The van der Waals surface area contributed by atoms with Crippen LogP contribution in [-0.2, 0) is 4.74 Å². The van der Waals surface area contributed by atoms with Crippen LogP contribution in [0.4, 0.5) is 0 Å². The second-order valence-corrected chi connectivity index (χ2v) is 4.31. The number of nitrogens with zero attached hydrogens (tertiary/aromatic N) is 1. The summed E-state index contributed by atoms with van der Waals surface area (Å²) >= 11 is 0. The molecule has 1 fully saturated rings. The largest absolute Gasteiger partial charge is 0.373 e. The highest BCUT2D eigenvalue weighted by molar-refractivity contribution is 5.04. The van der Waals surface area contributed by atoms with Gasteiger partial charge in [0.15, 0.2) is 0 Å². The van der Waals surface area contributed by atoms with Gasteiger partial charge in [0.05, 0.1) is 18.8 Å². The van der Waals surface area contributed by atoms with Gasteiger partial charge in [-0.05, 0) is 25.9 Å². The predicted octanol–water partition coefficient (Wildman–Crippen LogP) is 1.10. The third kappa shape index (κ3) is 4.13. The van der Waals surface area contributed by atoms with Gasteiger partial charge in [-0.25, -0.2) is 0 Å². The molecule has 0 aliphatic carbocycles. The van der Waals surface area contributed by atoms with Gasteiger partial charge in [-0.1, -0.05) is 19.8 Å². The number of hydrogen-bond acceptors (Lipinski definition) is 3. The number of morpholine rings is 1. The van der Waals surface area contributed by atoms with Crippen molar-refractivity contribution >= 4 is 0 Å². The van der Waals surface area contributed by atoms with Crippen LogP contribution in [0.25, 0.3) is 0 Å². The Morgan fingerprint density at radius 2 is 2.31 bits per heavy atom. The monoisotopic (exact) mass is 224 g/mol. The topological polar surface area (TPSA) is 24.5 Å². The molecule has 0 aromatic heterocycles. The maximum absolute atomic E-state index is 5.76. The molecule has 3 heteroatoms. The number of rotatable bonds is 6. The summed E-state index contributed by atoms with van der Waals surface area (Å²) in [5.74, 6) is 2.81. The lowest BCUT2D eigenvalue weighted by Gasteiger charge is -2.35. The summed E-state index contributed by atoms with van der Waals surface area (Å²) < 4.78 is 5.76. The molecule has 0 aromatic rings. The highest BCUT2D eigenvalue weighted by atomic mass is 16.5. The van der Waals surface area contributed by atoms with Crippen molar-refractivity contribution in [1.82, 2.24) is 10.2 Å². The molecule has 0 saturated carbocycles. The molecule has 1 saturated heterocycles. The van der Waals surface area contributed by atoms with Gasteiger partial charge >= 0.3 is 0 Å². The summed E-state index contributed by atoms with van der Waals surface area (Å²) in [4.78, 5) is 2.44. The molecular formula is C13H24N2O. The molecule has 0 radical (unpaired) electrons. The van der Waals surface area contributed by atoms with Gasteiger partial charge in [0, 0.05) is 13.1 Å². The predicted molar refractivity (Wildman–Crippen MR) is 67.4 cm³/mol. The molecule has 0 aromatic carbocycles. The number of terminal acetylenes is 1. The van der Waals surface area contributed by atoms with Gasteiger partial charge < -0.3 is 10.1 Å². The van der Waals surface area contributed by atoms with E-state index < -0.39 is 0 Å². The molecule has 3 nitrogen and oxygen atoms in total. The maximum Gasteiger partial charge on any atom is 0.0967 e. The maximum atomic E-state index is 5.76. The molecule has 92 valence electrons. The molecule has 0 amide bonds. The zero-order valence-electron chi connectivity index (χ0n) is 10.5. The third-order valence-corrected chi connectivity index (χ3v) is 2.88. The average molecular weight is 224 g/mol. The van der Waals surface area contributed by atoms with Gasteiger partial charge in [-0.15, -0.1) is 6.42 Å². The molecule has 1 rings (SSSR count). The Morgan fingerprint density at radius 1 is 1.50 bits per heavy atom. The minimum Gasteiger partial charge on any atom is -0.373 e. The lowest BCUT2D eigenvalue weighted by atomic mass is 10.1. The Balaban J connectivity index is 2.41. The van der Waals surface area contributed by atoms with Gasteiger partial charge in [-0.3, -0.25) is 4.90 Å². The van der Waals surface area contributed by atoms with Gasteiger partial charge in [0.1, 0.15) is 0 Å². The average Bonchev–Trinajstić information content (AvgIpc) is 2.31. The van der Waals surface area contributed by atoms with Crippen LogP contribution in [0.5, 0.6) is 0 Å². The van der Waals surface area contributed by atoms with Crippen LogP contribution in [0.15, 0.2) is 0 Å². The second-order valence-electron chi connectivity index (χ2n) is 4.31. The van der Waals surface area contributed by atoms with Crippen molar-refractivity contribution in [2.75, 3.05) is 32.8 Å². The lowest BCUT2D eigenvalue weighted by molar-refractivity contribution is -0.0371. The Labute approximate surface area is 99.5 Å². The molecule has 1 aliphatic heterocycles. The first kappa shape index (κ1) is 13.5. The summed E-state index contributed by atoms with van der Waals surface area (Å²) in [5, 5.41) is 3.36. The first-order valence-electron chi connectivity index (χ1n) is 6.35. The van der Waals surface area contributed by atoms with Gasteiger partial charge in [0.25, 0.3) is 0 Å². The van der Waals surface area contributed by atoms with Crippen molar-refractivity contribution in [2.24, 2.45) is 0 Å². The Hall–Kier alpha value is -0.560. The SMILES string of the molecule is C#CC(NCCC)C1CN(CCC)CCO1. The quantitative estimate of drug-likeness (QED) is 0.684.